The minimum atomic E-state index is -0.102. The number of amides is 2. The van der Waals surface area contributed by atoms with Gasteiger partial charge in [0.05, 0.1) is 5.54 Å². The van der Waals surface area contributed by atoms with Gasteiger partial charge < -0.3 is 19.8 Å². The third-order valence-electron chi connectivity index (χ3n) is 8.20. The van der Waals surface area contributed by atoms with Gasteiger partial charge in [0.2, 0.25) is 5.91 Å². The van der Waals surface area contributed by atoms with Gasteiger partial charge in [-0.25, -0.2) is 4.98 Å². The lowest BCUT2D eigenvalue weighted by Crippen LogP contribution is -2.56. The molecule has 6 rings (SSSR count). The number of benzene rings is 2. The Labute approximate surface area is 228 Å². The van der Waals surface area contributed by atoms with Crippen LogP contribution in [0.2, 0.25) is 0 Å². The molecule has 8 nitrogen and oxygen atoms in total. The summed E-state index contributed by atoms with van der Waals surface area (Å²) in [6, 6.07) is 20.4. The van der Waals surface area contributed by atoms with Crippen LogP contribution >= 0.6 is 0 Å². The van der Waals surface area contributed by atoms with E-state index in [-0.39, 0.29) is 17.4 Å². The van der Waals surface area contributed by atoms with Crippen LogP contribution in [-0.2, 0) is 37.0 Å². The predicted octanol–water partition coefficient (Wildman–Crippen LogP) is 4.67. The molecule has 200 valence electrons. The fraction of sp³-hybridized carbons (Fsp3) is 0.323. The number of nitrogens with zero attached hydrogens (tertiary/aromatic N) is 4. The maximum Gasteiger partial charge on any atom is 0.268 e. The Hall–Kier alpha value is -4.17. The smallest absolute Gasteiger partial charge is 0.268 e. The molecule has 1 spiro atoms. The van der Waals surface area contributed by atoms with Crippen molar-refractivity contribution in [3.63, 3.8) is 0 Å². The van der Waals surface area contributed by atoms with Crippen LogP contribution in [0.3, 0.4) is 0 Å². The largest absolute Gasteiger partial charge is 0.347 e. The highest BCUT2D eigenvalue weighted by atomic mass is 16.2. The third kappa shape index (κ3) is 4.76. The summed E-state index contributed by atoms with van der Waals surface area (Å²) in [6.45, 7) is 4.52. The summed E-state index contributed by atoms with van der Waals surface area (Å²) >= 11 is 0. The van der Waals surface area contributed by atoms with Crippen molar-refractivity contribution in [2.75, 3.05) is 11.9 Å². The summed E-state index contributed by atoms with van der Waals surface area (Å²) < 4.78 is 4.27. The molecule has 39 heavy (non-hydrogen) atoms. The van der Waals surface area contributed by atoms with E-state index in [1.165, 1.54) is 24.6 Å². The summed E-state index contributed by atoms with van der Waals surface area (Å²) in [5.74, 6) is 0.816. The Bertz CT molecular complexity index is 1490. The molecule has 8 heteroatoms. The van der Waals surface area contributed by atoms with E-state index in [0.717, 1.165) is 60.8 Å². The Morgan fingerprint density at radius 1 is 0.949 bits per heavy atom. The first-order chi connectivity index (χ1) is 18.9. The van der Waals surface area contributed by atoms with Crippen molar-refractivity contribution in [3.05, 3.63) is 95.6 Å². The van der Waals surface area contributed by atoms with E-state index in [4.69, 9.17) is 0 Å². The first kappa shape index (κ1) is 25.1. The van der Waals surface area contributed by atoms with E-state index in [0.29, 0.717) is 6.54 Å². The van der Waals surface area contributed by atoms with E-state index >= 15 is 0 Å². The second-order valence-corrected chi connectivity index (χ2v) is 10.7. The second-order valence-electron chi connectivity index (χ2n) is 10.7. The molecule has 2 N–H and O–H groups in total. The van der Waals surface area contributed by atoms with Crippen LogP contribution in [-0.4, -0.2) is 37.4 Å². The number of carbonyl (C=O) groups is 2. The van der Waals surface area contributed by atoms with Crippen LogP contribution in [0.15, 0.2) is 73.1 Å². The lowest BCUT2D eigenvalue weighted by atomic mass is 9.71. The summed E-state index contributed by atoms with van der Waals surface area (Å²) in [5.41, 5.74) is 6.13. The molecule has 0 bridgehead atoms. The van der Waals surface area contributed by atoms with Gasteiger partial charge >= 0.3 is 0 Å². The predicted molar refractivity (Wildman–Crippen MR) is 151 cm³/mol. The molecular weight excluding hydrogens is 488 g/mol. The van der Waals surface area contributed by atoms with Crippen molar-refractivity contribution in [1.82, 2.24) is 24.3 Å². The fourth-order valence-corrected chi connectivity index (χ4v) is 6.03. The molecule has 2 aromatic carbocycles. The van der Waals surface area contributed by atoms with E-state index in [9.17, 15) is 9.59 Å². The zero-order chi connectivity index (χ0) is 27.0. The molecule has 0 saturated heterocycles. The maximum atomic E-state index is 13.2. The zero-order valence-corrected chi connectivity index (χ0v) is 22.5. The van der Waals surface area contributed by atoms with Gasteiger partial charge in [0.1, 0.15) is 11.5 Å². The Kier molecular flexibility index (Phi) is 6.56. The van der Waals surface area contributed by atoms with Crippen molar-refractivity contribution in [2.45, 2.75) is 51.4 Å². The highest BCUT2D eigenvalue weighted by molar-refractivity contribution is 5.93. The van der Waals surface area contributed by atoms with Gasteiger partial charge in [0.15, 0.2) is 0 Å². The SMILES string of the molecule is CC(=O)Nc1ccc(CNC(=O)c2ccc3n2CCN(Cc2ccc(-c4nccn4C)cc2)C32CCC2)cc1. The molecule has 1 aliphatic heterocycles. The molecule has 0 radical (unpaired) electrons. The Morgan fingerprint density at radius 2 is 1.69 bits per heavy atom. The molecule has 2 aromatic heterocycles. The second kappa shape index (κ2) is 10.2. The van der Waals surface area contributed by atoms with Gasteiger partial charge in [0, 0.05) is 69.5 Å². The first-order valence-corrected chi connectivity index (χ1v) is 13.6. The number of imidazole rings is 1. The first-order valence-electron chi connectivity index (χ1n) is 13.6. The monoisotopic (exact) mass is 522 g/mol. The number of hydrogen-bond acceptors (Lipinski definition) is 4. The minimum Gasteiger partial charge on any atom is -0.347 e. The molecule has 1 fully saturated rings. The molecule has 0 unspecified atom stereocenters. The molecule has 1 saturated carbocycles. The Morgan fingerprint density at radius 3 is 2.33 bits per heavy atom. The summed E-state index contributed by atoms with van der Waals surface area (Å²) in [6.07, 6.45) is 7.23. The molecule has 4 aromatic rings. The van der Waals surface area contributed by atoms with Gasteiger partial charge in [-0.3, -0.25) is 14.5 Å². The lowest BCUT2D eigenvalue weighted by Gasteiger charge is -2.53. The number of anilines is 1. The van der Waals surface area contributed by atoms with Crippen molar-refractivity contribution in [1.29, 1.82) is 0 Å². The minimum absolute atomic E-state index is 0.00529. The van der Waals surface area contributed by atoms with Crippen LogP contribution in [0, 0.1) is 0 Å². The lowest BCUT2D eigenvalue weighted by molar-refractivity contribution is -0.114. The normalized spacial score (nSPS) is 15.9. The standard InChI is InChI=1S/C31H34N6O2/c1-22(38)34-26-10-6-23(7-11-26)20-33-30(39)27-12-13-28-31(14-3-15-31)36(18-19-37(27)28)21-24-4-8-25(9-5-24)29-32-16-17-35(29)2/h4-13,16-17H,3,14-15,18-21H2,1-2H3,(H,33,39)(H,34,38). The summed E-state index contributed by atoms with van der Waals surface area (Å²) in [7, 11) is 2.01. The van der Waals surface area contributed by atoms with Crippen molar-refractivity contribution in [2.24, 2.45) is 7.05 Å². The van der Waals surface area contributed by atoms with Gasteiger partial charge in [-0.1, -0.05) is 36.4 Å². The number of hydrogen-bond donors (Lipinski definition) is 2. The van der Waals surface area contributed by atoms with Gasteiger partial charge in [-0.05, 0) is 54.7 Å². The number of nitrogens with one attached hydrogen (secondary N) is 2. The van der Waals surface area contributed by atoms with Gasteiger partial charge in [-0.2, -0.15) is 0 Å². The highest BCUT2D eigenvalue weighted by Gasteiger charge is 2.48. The zero-order valence-electron chi connectivity index (χ0n) is 22.5. The molecule has 2 aliphatic rings. The van der Waals surface area contributed by atoms with Crippen LogP contribution in [0.4, 0.5) is 5.69 Å². The van der Waals surface area contributed by atoms with Gasteiger partial charge in [0.25, 0.3) is 5.91 Å². The molecular formula is C31H34N6O2. The van der Waals surface area contributed by atoms with E-state index in [2.05, 4.69) is 55.4 Å². The summed E-state index contributed by atoms with van der Waals surface area (Å²) in [4.78, 5) is 31.5. The topological polar surface area (TPSA) is 84.2 Å². The molecule has 0 atom stereocenters. The molecule has 1 aliphatic carbocycles. The average molecular weight is 523 g/mol. The Balaban J connectivity index is 1.14. The van der Waals surface area contributed by atoms with E-state index < -0.39 is 0 Å². The van der Waals surface area contributed by atoms with Crippen molar-refractivity contribution in [3.8, 4) is 11.4 Å². The third-order valence-corrected chi connectivity index (χ3v) is 8.20. The van der Waals surface area contributed by atoms with E-state index in [1.807, 2.05) is 54.3 Å². The van der Waals surface area contributed by atoms with E-state index in [1.54, 1.807) is 0 Å². The number of aryl methyl sites for hydroxylation is 1. The number of fused-ring (bicyclic) bond motifs is 2. The van der Waals surface area contributed by atoms with Crippen LogP contribution in [0.1, 0.15) is 53.5 Å². The number of rotatable bonds is 7. The van der Waals surface area contributed by atoms with Gasteiger partial charge in [-0.15, -0.1) is 0 Å². The van der Waals surface area contributed by atoms with Crippen LogP contribution < -0.4 is 10.6 Å². The fourth-order valence-electron chi connectivity index (χ4n) is 6.03. The summed E-state index contributed by atoms with van der Waals surface area (Å²) in [5, 5.41) is 5.84. The molecule has 3 heterocycles. The van der Waals surface area contributed by atoms with Crippen molar-refractivity contribution < 1.29 is 9.59 Å². The quantitative estimate of drug-likeness (QED) is 0.369. The molecule has 2 amide bonds. The highest BCUT2D eigenvalue weighted by Crippen LogP contribution is 2.49. The van der Waals surface area contributed by atoms with Crippen LogP contribution in [0.25, 0.3) is 11.4 Å². The average Bonchev–Trinajstić information content (AvgIpc) is 3.53. The number of carbonyl (C=O) groups excluding carboxylic acids is 2. The van der Waals surface area contributed by atoms with Crippen molar-refractivity contribution >= 4 is 17.5 Å². The maximum absolute atomic E-state index is 13.2. The number of aromatic nitrogens is 3. The van der Waals surface area contributed by atoms with Crippen LogP contribution in [0.5, 0.6) is 0 Å².